The zero-order valence-electron chi connectivity index (χ0n) is 9.24. The van der Waals surface area contributed by atoms with Crippen LogP contribution in [0.3, 0.4) is 0 Å². The number of carbonyl (C=O) groups is 1. The summed E-state index contributed by atoms with van der Waals surface area (Å²) in [5, 5.41) is 11.1. The third-order valence-corrected chi connectivity index (χ3v) is 3.45. The molecule has 1 saturated heterocycles. The Bertz CT molecular complexity index is 511. The van der Waals surface area contributed by atoms with Crippen molar-refractivity contribution in [2.45, 2.75) is 6.42 Å². The summed E-state index contributed by atoms with van der Waals surface area (Å²) < 4.78 is 0. The molecule has 1 aromatic rings. The molecular weight excluding hydrogens is 278 g/mol. The lowest BCUT2D eigenvalue weighted by Crippen LogP contribution is -2.26. The van der Waals surface area contributed by atoms with Crippen LogP contribution in [0.25, 0.3) is 0 Å². The highest BCUT2D eigenvalue weighted by atomic mass is 35.5. The summed E-state index contributed by atoms with van der Waals surface area (Å²) in [6.07, 6.45) is 1.64. The van der Waals surface area contributed by atoms with Gasteiger partial charge in [0, 0.05) is 25.2 Å². The van der Waals surface area contributed by atoms with Crippen LogP contribution in [-0.4, -0.2) is 28.1 Å². The highest BCUT2D eigenvalue weighted by Gasteiger charge is 2.34. The van der Waals surface area contributed by atoms with Crippen molar-refractivity contribution in [2.75, 3.05) is 17.2 Å². The molecule has 0 spiro atoms. The molecule has 96 valence electrons. The molecule has 1 unspecified atom stereocenters. The molecule has 0 N–H and O–H groups in total. The van der Waals surface area contributed by atoms with Crippen molar-refractivity contribution >= 4 is 41.6 Å². The molecule has 2 rings (SSSR count). The lowest BCUT2D eigenvalue weighted by Gasteiger charge is -2.15. The Morgan fingerprint density at radius 1 is 1.67 bits per heavy atom. The van der Waals surface area contributed by atoms with Gasteiger partial charge in [0.2, 0.25) is 11.7 Å². The van der Waals surface area contributed by atoms with E-state index in [1.807, 2.05) is 0 Å². The first-order valence-electron chi connectivity index (χ1n) is 5.24. The maximum absolute atomic E-state index is 11.8. The van der Waals surface area contributed by atoms with Crippen LogP contribution in [0.2, 0.25) is 5.02 Å². The Kier molecular flexibility index (Phi) is 3.72. The summed E-state index contributed by atoms with van der Waals surface area (Å²) in [5.41, 5.74) is -0.254. The van der Waals surface area contributed by atoms with E-state index in [1.165, 1.54) is 17.2 Å². The Balaban J connectivity index is 2.39. The van der Waals surface area contributed by atoms with E-state index in [0.717, 1.165) is 0 Å². The molecule has 1 fully saturated rings. The third-order valence-electron chi connectivity index (χ3n) is 2.73. The number of amides is 1. The number of pyridine rings is 1. The molecule has 0 saturated carbocycles. The fourth-order valence-corrected chi connectivity index (χ4v) is 2.27. The van der Waals surface area contributed by atoms with Crippen molar-refractivity contribution in [1.82, 2.24) is 4.98 Å². The molecule has 1 aliphatic rings. The molecule has 18 heavy (non-hydrogen) atoms. The van der Waals surface area contributed by atoms with Gasteiger partial charge in [-0.15, -0.1) is 0 Å². The number of rotatable bonds is 3. The molecule has 1 atom stereocenters. The number of aromatic nitrogens is 1. The van der Waals surface area contributed by atoms with E-state index in [1.54, 1.807) is 0 Å². The van der Waals surface area contributed by atoms with E-state index in [4.69, 9.17) is 11.6 Å². The quantitative estimate of drug-likeness (QED) is 0.523. The van der Waals surface area contributed by atoms with Gasteiger partial charge in [0.05, 0.1) is 9.95 Å². The summed E-state index contributed by atoms with van der Waals surface area (Å²) in [5.74, 6) is 0.535. The lowest BCUT2D eigenvalue weighted by atomic mass is 10.1. The zero-order valence-corrected chi connectivity index (χ0v) is 10.9. The number of nitrogens with zero attached hydrogens (tertiary/aromatic N) is 3. The Hall–Kier alpha value is -1.34. The van der Waals surface area contributed by atoms with Gasteiger partial charge in [-0.3, -0.25) is 19.8 Å². The van der Waals surface area contributed by atoms with E-state index in [2.05, 4.69) is 17.6 Å². The van der Waals surface area contributed by atoms with Crippen molar-refractivity contribution in [2.24, 2.45) is 5.92 Å². The maximum Gasteiger partial charge on any atom is 0.313 e. The standard InChI is InChI=1S/C10H10ClN3O3S/c11-7-2-8(14(16)17)10(12-3-7)13-4-6(5-18)1-9(13)15/h2-3,6,18H,1,4-5H2. The molecule has 2 heterocycles. The van der Waals surface area contributed by atoms with E-state index in [0.29, 0.717) is 18.7 Å². The lowest BCUT2D eigenvalue weighted by molar-refractivity contribution is -0.384. The summed E-state index contributed by atoms with van der Waals surface area (Å²) in [6, 6.07) is 1.20. The smallest absolute Gasteiger partial charge is 0.291 e. The normalized spacial score (nSPS) is 19.3. The van der Waals surface area contributed by atoms with Crippen LogP contribution < -0.4 is 4.90 Å². The van der Waals surface area contributed by atoms with Crippen LogP contribution in [0.4, 0.5) is 11.5 Å². The molecule has 8 heteroatoms. The molecule has 0 radical (unpaired) electrons. The molecule has 1 amide bonds. The van der Waals surface area contributed by atoms with Crippen LogP contribution in [-0.2, 0) is 4.79 Å². The maximum atomic E-state index is 11.8. The van der Waals surface area contributed by atoms with Gasteiger partial charge in [-0.1, -0.05) is 11.6 Å². The second-order valence-corrected chi connectivity index (χ2v) is 4.81. The highest BCUT2D eigenvalue weighted by molar-refractivity contribution is 7.80. The molecule has 1 aromatic heterocycles. The molecule has 6 nitrogen and oxygen atoms in total. The van der Waals surface area contributed by atoms with E-state index in [9.17, 15) is 14.9 Å². The van der Waals surface area contributed by atoms with Gasteiger partial charge in [-0.2, -0.15) is 12.6 Å². The molecular formula is C10H10ClN3O3S. The Labute approximate surface area is 114 Å². The first-order valence-corrected chi connectivity index (χ1v) is 6.25. The van der Waals surface area contributed by atoms with Gasteiger partial charge in [-0.25, -0.2) is 4.98 Å². The minimum atomic E-state index is -0.588. The van der Waals surface area contributed by atoms with E-state index >= 15 is 0 Å². The molecule has 0 aromatic carbocycles. The second kappa shape index (κ2) is 5.11. The summed E-state index contributed by atoms with van der Waals surface area (Å²) in [6.45, 7) is 0.401. The predicted molar refractivity (Wildman–Crippen MR) is 70.2 cm³/mol. The van der Waals surface area contributed by atoms with Crippen LogP contribution >= 0.6 is 24.2 Å². The number of hydrogen-bond acceptors (Lipinski definition) is 5. The summed E-state index contributed by atoms with van der Waals surface area (Å²) >= 11 is 9.82. The SMILES string of the molecule is O=C1CC(CS)CN1c1ncc(Cl)cc1[N+](=O)[O-]. The second-order valence-electron chi connectivity index (χ2n) is 4.01. The third kappa shape index (κ3) is 2.41. The van der Waals surface area contributed by atoms with Crippen LogP contribution in [0.1, 0.15) is 6.42 Å². The number of carbonyl (C=O) groups excluding carboxylic acids is 1. The molecule has 0 aliphatic carbocycles. The number of hydrogen-bond donors (Lipinski definition) is 1. The van der Waals surface area contributed by atoms with E-state index in [-0.39, 0.29) is 28.4 Å². The average Bonchev–Trinajstić information content (AvgIpc) is 2.70. The van der Waals surface area contributed by atoms with Crippen molar-refractivity contribution in [3.63, 3.8) is 0 Å². The average molecular weight is 288 g/mol. The fourth-order valence-electron chi connectivity index (χ4n) is 1.87. The number of halogens is 1. The van der Waals surface area contributed by atoms with Gasteiger partial charge < -0.3 is 0 Å². The first kappa shape index (κ1) is 13.1. The van der Waals surface area contributed by atoms with Gasteiger partial charge in [0.25, 0.3) is 0 Å². The number of nitro groups is 1. The van der Waals surface area contributed by atoms with Crippen molar-refractivity contribution in [3.05, 3.63) is 27.4 Å². The minimum absolute atomic E-state index is 0.0543. The van der Waals surface area contributed by atoms with Gasteiger partial charge in [0.15, 0.2) is 0 Å². The largest absolute Gasteiger partial charge is 0.313 e. The van der Waals surface area contributed by atoms with Crippen LogP contribution in [0.5, 0.6) is 0 Å². The zero-order chi connectivity index (χ0) is 13.3. The Morgan fingerprint density at radius 3 is 2.94 bits per heavy atom. The summed E-state index contributed by atoms with van der Waals surface area (Å²) in [7, 11) is 0. The monoisotopic (exact) mass is 287 g/mol. The van der Waals surface area contributed by atoms with Gasteiger partial charge >= 0.3 is 5.69 Å². The van der Waals surface area contributed by atoms with Crippen molar-refractivity contribution in [3.8, 4) is 0 Å². The molecule has 0 bridgehead atoms. The van der Waals surface area contributed by atoms with Gasteiger partial charge in [-0.05, 0) is 11.7 Å². The first-order chi connectivity index (χ1) is 8.52. The molecule has 1 aliphatic heterocycles. The van der Waals surface area contributed by atoms with Crippen LogP contribution in [0.15, 0.2) is 12.3 Å². The van der Waals surface area contributed by atoms with Gasteiger partial charge in [0.1, 0.15) is 0 Å². The predicted octanol–water partition coefficient (Wildman–Crippen LogP) is 1.93. The topological polar surface area (TPSA) is 76.3 Å². The minimum Gasteiger partial charge on any atom is -0.291 e. The van der Waals surface area contributed by atoms with Crippen molar-refractivity contribution in [1.29, 1.82) is 0 Å². The van der Waals surface area contributed by atoms with E-state index < -0.39 is 4.92 Å². The van der Waals surface area contributed by atoms with Crippen LogP contribution in [0, 0.1) is 16.0 Å². The summed E-state index contributed by atoms with van der Waals surface area (Å²) in [4.78, 5) is 27.4. The number of anilines is 1. The Morgan fingerprint density at radius 2 is 2.39 bits per heavy atom. The highest BCUT2D eigenvalue weighted by Crippen LogP contribution is 2.32. The van der Waals surface area contributed by atoms with Crippen molar-refractivity contribution < 1.29 is 9.72 Å². The number of thiol groups is 1. The fraction of sp³-hybridized carbons (Fsp3) is 0.400.